The van der Waals surface area contributed by atoms with E-state index in [2.05, 4.69) is 32.9 Å². The van der Waals surface area contributed by atoms with Gasteiger partial charge in [-0.05, 0) is 55.2 Å². The first-order valence-electron chi connectivity index (χ1n) is 22.0. The van der Waals surface area contributed by atoms with E-state index < -0.39 is 7.14 Å². The van der Waals surface area contributed by atoms with Crippen LogP contribution in [0.4, 0.5) is 0 Å². The quantitative estimate of drug-likeness (QED) is 0.0489. The number of hydrogen-bond donors (Lipinski definition) is 0. The summed E-state index contributed by atoms with van der Waals surface area (Å²) in [5.41, 5.74) is 4.29. The number of benzene rings is 3. The molecule has 0 saturated heterocycles. The summed E-state index contributed by atoms with van der Waals surface area (Å²) in [5, 5.41) is 1.29. The average molecular weight is 727 g/mol. The maximum absolute atomic E-state index is 15.5. The van der Waals surface area contributed by atoms with E-state index in [9.17, 15) is 0 Å². The fraction of sp³-hybridized carbons (Fsp3) is 0.612. The van der Waals surface area contributed by atoms with Gasteiger partial charge in [0.25, 0.3) is 0 Å². The highest BCUT2D eigenvalue weighted by atomic mass is 31.2. The Balaban J connectivity index is 1.93. The van der Waals surface area contributed by atoms with Crippen molar-refractivity contribution >= 4 is 23.3 Å². The van der Waals surface area contributed by atoms with Crippen molar-refractivity contribution in [1.82, 2.24) is 0 Å². The first-order valence-corrected chi connectivity index (χ1v) is 23.7. The Morgan fingerprint density at radius 2 is 0.731 bits per heavy atom. The number of aryl methyl sites for hydroxylation is 3. The van der Waals surface area contributed by atoms with Crippen LogP contribution in [-0.4, -0.2) is 5.52 Å². The van der Waals surface area contributed by atoms with E-state index in [4.69, 9.17) is 0 Å². The van der Waals surface area contributed by atoms with Crippen LogP contribution in [0.15, 0.2) is 72.8 Å². The molecule has 3 rings (SSSR count). The van der Waals surface area contributed by atoms with Gasteiger partial charge in [0.05, 0.1) is 0 Å². The van der Waals surface area contributed by atoms with Gasteiger partial charge in [0, 0.05) is 16.2 Å². The summed E-state index contributed by atoms with van der Waals surface area (Å²) < 4.78 is 15.5. The van der Waals surface area contributed by atoms with Gasteiger partial charge in [0.15, 0.2) is 0 Å². The molecule has 0 aliphatic rings. The van der Waals surface area contributed by atoms with Gasteiger partial charge < -0.3 is 4.57 Å². The van der Waals surface area contributed by atoms with Crippen LogP contribution in [0.5, 0.6) is 0 Å². The van der Waals surface area contributed by atoms with Crippen molar-refractivity contribution in [3.8, 4) is 0 Å². The number of hydrogen-bond acceptors (Lipinski definition) is 2. The molecule has 0 radical (unpaired) electrons. The second-order valence-electron chi connectivity index (χ2n) is 15.5. The van der Waals surface area contributed by atoms with Gasteiger partial charge in [0.2, 0.25) is 12.7 Å². The molecule has 3 heteroatoms. The van der Waals surface area contributed by atoms with Crippen LogP contribution in [0.1, 0.15) is 202 Å². The van der Waals surface area contributed by atoms with Crippen LogP contribution in [0.25, 0.3) is 0 Å². The van der Waals surface area contributed by atoms with Crippen molar-refractivity contribution in [3.63, 3.8) is 0 Å². The Morgan fingerprint density at radius 1 is 0.423 bits per heavy atom. The van der Waals surface area contributed by atoms with Gasteiger partial charge in [-0.2, -0.15) is 0 Å². The standard InChI is InChI=1S/C49H75O2P/c1-4-7-10-13-16-19-22-27-34-43-41-44(35-28-23-20-17-14-11-8-5-2)48(45(42-43)36-29-24-21-18-15-12-9-6-3)49(50)52(51,46-37-30-25-31-38-46)47-39-32-26-33-40-47/h25-26,30-33,37-42H,4-24,27-29,34-36H2,1-3H3. The fourth-order valence-corrected chi connectivity index (χ4v) is 10.4. The highest BCUT2D eigenvalue weighted by molar-refractivity contribution is 7.93. The molecule has 0 spiro atoms. The minimum atomic E-state index is -3.61. The van der Waals surface area contributed by atoms with Crippen LogP contribution < -0.4 is 10.6 Å². The highest BCUT2D eigenvalue weighted by Crippen LogP contribution is 2.48. The van der Waals surface area contributed by atoms with E-state index in [1.807, 2.05) is 60.7 Å². The van der Waals surface area contributed by atoms with Crippen molar-refractivity contribution in [2.45, 2.75) is 194 Å². The Bertz CT molecular complexity index is 1310. The smallest absolute Gasteiger partial charge is 0.230 e. The summed E-state index contributed by atoms with van der Waals surface area (Å²) in [6, 6.07) is 23.9. The predicted molar refractivity (Wildman–Crippen MR) is 229 cm³/mol. The Kier molecular flexibility index (Phi) is 23.0. The summed E-state index contributed by atoms with van der Waals surface area (Å²) in [5.74, 6) is 0. The van der Waals surface area contributed by atoms with Gasteiger partial charge in [0.1, 0.15) is 0 Å². The zero-order valence-corrected chi connectivity index (χ0v) is 34.7. The third-order valence-electron chi connectivity index (χ3n) is 11.0. The monoisotopic (exact) mass is 727 g/mol. The number of unbranched alkanes of at least 4 members (excludes halogenated alkanes) is 21. The Labute approximate surface area is 320 Å². The third kappa shape index (κ3) is 15.5. The van der Waals surface area contributed by atoms with Gasteiger partial charge in [-0.25, -0.2) is 0 Å². The largest absolute Gasteiger partial charge is 0.305 e. The molecular weight excluding hydrogens is 652 g/mol. The zero-order valence-electron chi connectivity index (χ0n) is 33.8. The highest BCUT2D eigenvalue weighted by Gasteiger charge is 2.38. The molecule has 0 unspecified atom stereocenters. The van der Waals surface area contributed by atoms with E-state index in [1.54, 1.807) is 0 Å². The zero-order chi connectivity index (χ0) is 37.1. The second-order valence-corrected chi connectivity index (χ2v) is 18.2. The molecule has 3 aromatic carbocycles. The minimum Gasteiger partial charge on any atom is -0.305 e. The van der Waals surface area contributed by atoms with E-state index in [-0.39, 0.29) is 5.52 Å². The van der Waals surface area contributed by atoms with Crippen LogP contribution in [0.3, 0.4) is 0 Å². The molecule has 3 aromatic rings. The molecule has 0 N–H and O–H groups in total. The number of rotatable bonds is 31. The van der Waals surface area contributed by atoms with Crippen molar-refractivity contribution in [1.29, 1.82) is 0 Å². The topological polar surface area (TPSA) is 34.1 Å². The van der Waals surface area contributed by atoms with Gasteiger partial charge >= 0.3 is 0 Å². The summed E-state index contributed by atoms with van der Waals surface area (Å²) in [4.78, 5) is 15.2. The molecule has 52 heavy (non-hydrogen) atoms. The molecule has 0 aliphatic heterocycles. The number of carbonyl (C=O) groups excluding carboxylic acids is 1. The lowest BCUT2D eigenvalue weighted by molar-refractivity contribution is 0.107. The molecule has 0 amide bonds. The molecule has 2 nitrogen and oxygen atoms in total. The van der Waals surface area contributed by atoms with Crippen LogP contribution in [0, 0.1) is 0 Å². The van der Waals surface area contributed by atoms with E-state index in [0.717, 1.165) is 48.8 Å². The van der Waals surface area contributed by atoms with E-state index in [0.29, 0.717) is 10.6 Å². The summed E-state index contributed by atoms with van der Waals surface area (Å²) in [6.07, 6.45) is 33.5. The van der Waals surface area contributed by atoms with Crippen molar-refractivity contribution in [3.05, 3.63) is 95.1 Å². The van der Waals surface area contributed by atoms with Gasteiger partial charge in [-0.3, -0.25) is 4.79 Å². The normalized spacial score (nSPS) is 11.7. The van der Waals surface area contributed by atoms with Crippen molar-refractivity contribution in [2.75, 3.05) is 0 Å². The van der Waals surface area contributed by atoms with Crippen molar-refractivity contribution < 1.29 is 9.36 Å². The second kappa shape index (κ2) is 27.2. The van der Waals surface area contributed by atoms with E-state index >= 15 is 9.36 Å². The molecule has 0 heterocycles. The Hall–Kier alpha value is -2.44. The van der Waals surface area contributed by atoms with E-state index in [1.165, 1.54) is 147 Å². The predicted octanol–water partition coefficient (Wildman–Crippen LogP) is 14.9. The first-order chi connectivity index (χ1) is 25.6. The summed E-state index contributed by atoms with van der Waals surface area (Å²) in [7, 11) is -3.61. The molecule has 0 aromatic heterocycles. The summed E-state index contributed by atoms with van der Waals surface area (Å²) in [6.45, 7) is 6.84. The molecule has 0 saturated carbocycles. The third-order valence-corrected chi connectivity index (χ3v) is 13.9. The fourth-order valence-electron chi connectivity index (χ4n) is 7.83. The lowest BCUT2D eigenvalue weighted by atomic mass is 9.90. The average Bonchev–Trinajstić information content (AvgIpc) is 3.18. The molecule has 0 fully saturated rings. The Morgan fingerprint density at radius 3 is 1.08 bits per heavy atom. The minimum absolute atomic E-state index is 0.160. The summed E-state index contributed by atoms with van der Waals surface area (Å²) >= 11 is 0. The molecular formula is C49H75O2P. The maximum Gasteiger partial charge on any atom is 0.230 e. The van der Waals surface area contributed by atoms with Gasteiger partial charge in [-0.1, -0.05) is 228 Å². The maximum atomic E-state index is 15.5. The van der Waals surface area contributed by atoms with Crippen molar-refractivity contribution in [2.24, 2.45) is 0 Å². The van der Waals surface area contributed by atoms with Crippen LogP contribution >= 0.6 is 7.14 Å². The lowest BCUT2D eigenvalue weighted by Crippen LogP contribution is -2.24. The SMILES string of the molecule is CCCCCCCCCCc1cc(CCCCCCCCCC)c(C(=O)P(=O)(c2ccccc2)c2ccccc2)c(CCCCCCCCCC)c1. The molecule has 0 atom stereocenters. The molecule has 0 bridgehead atoms. The van der Waals surface area contributed by atoms with Crippen LogP contribution in [0.2, 0.25) is 0 Å². The molecule has 0 aliphatic carbocycles. The molecule has 288 valence electrons. The first kappa shape index (κ1) is 44.0. The number of carbonyl (C=O) groups is 1. The van der Waals surface area contributed by atoms with Gasteiger partial charge in [-0.15, -0.1) is 0 Å². The lowest BCUT2D eigenvalue weighted by Gasteiger charge is -2.23. The van der Waals surface area contributed by atoms with Crippen LogP contribution in [-0.2, 0) is 23.8 Å².